The Morgan fingerprint density at radius 2 is 1.84 bits per heavy atom. The van der Waals surface area contributed by atoms with Gasteiger partial charge in [0.2, 0.25) is 0 Å². The van der Waals surface area contributed by atoms with Crippen molar-refractivity contribution in [2.24, 2.45) is 7.05 Å². The maximum Gasteiger partial charge on any atom is 0.274 e. The second kappa shape index (κ2) is 8.24. The van der Waals surface area contributed by atoms with E-state index in [9.17, 15) is 14.7 Å². The average Bonchev–Trinajstić information content (AvgIpc) is 3.26. The van der Waals surface area contributed by atoms with Crippen LogP contribution in [0.4, 0.5) is 5.69 Å². The largest absolute Gasteiger partial charge is 0.392 e. The molecule has 0 saturated heterocycles. The van der Waals surface area contributed by atoms with E-state index in [1.54, 1.807) is 25.5 Å². The number of hydrogen-bond acceptors (Lipinski definition) is 3. The van der Waals surface area contributed by atoms with E-state index in [-0.39, 0.29) is 18.1 Å². The van der Waals surface area contributed by atoms with Gasteiger partial charge in [-0.1, -0.05) is 38.1 Å². The summed E-state index contributed by atoms with van der Waals surface area (Å²) in [6.45, 7) is 3.96. The lowest BCUT2D eigenvalue weighted by Crippen LogP contribution is -2.17. The molecule has 4 rings (SSSR count). The highest BCUT2D eigenvalue weighted by atomic mass is 16.3. The first kappa shape index (κ1) is 20.6. The van der Waals surface area contributed by atoms with Gasteiger partial charge in [0.15, 0.2) is 0 Å². The molecule has 0 atom stereocenters. The molecule has 2 aromatic heterocycles. The van der Waals surface area contributed by atoms with Gasteiger partial charge in [0.1, 0.15) is 5.52 Å². The van der Waals surface area contributed by atoms with E-state index in [1.165, 1.54) is 10.1 Å². The number of H-pyrrole nitrogens is 1. The molecule has 158 valence electrons. The molecule has 3 N–H and O–H groups in total. The molecule has 0 aliphatic carbocycles. The van der Waals surface area contributed by atoms with Crippen molar-refractivity contribution in [3.8, 4) is 11.1 Å². The molecule has 0 bridgehead atoms. The summed E-state index contributed by atoms with van der Waals surface area (Å²) in [7, 11) is 1.69. The first-order valence-electron chi connectivity index (χ1n) is 10.2. The Bertz CT molecular complexity index is 1310. The zero-order valence-electron chi connectivity index (χ0n) is 17.8. The van der Waals surface area contributed by atoms with E-state index >= 15 is 0 Å². The van der Waals surface area contributed by atoms with Crippen LogP contribution in [0, 0.1) is 0 Å². The molecule has 0 saturated carbocycles. The molecule has 2 heterocycles. The molecule has 1 amide bonds. The number of benzene rings is 2. The molecular formula is C25H25N3O3. The van der Waals surface area contributed by atoms with Crippen molar-refractivity contribution < 1.29 is 9.90 Å². The van der Waals surface area contributed by atoms with Gasteiger partial charge in [-0.2, -0.15) is 0 Å². The predicted molar refractivity (Wildman–Crippen MR) is 123 cm³/mol. The molecule has 0 spiro atoms. The van der Waals surface area contributed by atoms with Crippen molar-refractivity contribution >= 4 is 22.5 Å². The van der Waals surface area contributed by atoms with Crippen LogP contribution in [0.1, 0.15) is 41.3 Å². The third-order valence-electron chi connectivity index (χ3n) is 5.61. The third kappa shape index (κ3) is 3.78. The fraction of sp³-hybridized carbons (Fsp3) is 0.200. The molecule has 0 aliphatic heterocycles. The number of fused-ring (bicyclic) bond motifs is 1. The van der Waals surface area contributed by atoms with Gasteiger partial charge < -0.3 is 20.0 Å². The number of aromatic nitrogens is 2. The molecule has 6 nitrogen and oxygen atoms in total. The number of carbonyl (C=O) groups excluding carboxylic acids is 1. The highest BCUT2D eigenvalue weighted by Crippen LogP contribution is 2.33. The number of aliphatic hydroxyl groups excluding tert-OH is 1. The van der Waals surface area contributed by atoms with Crippen LogP contribution < -0.4 is 10.9 Å². The van der Waals surface area contributed by atoms with Gasteiger partial charge in [-0.05, 0) is 41.3 Å². The zero-order chi connectivity index (χ0) is 22.1. The number of anilines is 1. The van der Waals surface area contributed by atoms with Crippen LogP contribution in [0.15, 0.2) is 65.7 Å². The smallest absolute Gasteiger partial charge is 0.274 e. The van der Waals surface area contributed by atoms with E-state index < -0.39 is 0 Å². The second-order valence-electron chi connectivity index (χ2n) is 7.95. The van der Waals surface area contributed by atoms with Crippen LogP contribution in [-0.2, 0) is 13.7 Å². The molecule has 0 fully saturated rings. The van der Waals surface area contributed by atoms with Crippen LogP contribution in [0.5, 0.6) is 0 Å². The van der Waals surface area contributed by atoms with Crippen molar-refractivity contribution in [3.05, 3.63) is 88.0 Å². The fourth-order valence-corrected chi connectivity index (χ4v) is 3.82. The number of aliphatic hydroxyl groups is 1. The molecule has 0 radical (unpaired) electrons. The Morgan fingerprint density at radius 3 is 2.52 bits per heavy atom. The minimum Gasteiger partial charge on any atom is -0.392 e. The minimum absolute atomic E-state index is 0.122. The monoisotopic (exact) mass is 415 g/mol. The SMILES string of the molecule is CC(C)c1ccc(C(=O)Nc2cccc(-c3cn(C)c(=O)c4[nH]ccc34)c2CO)cc1. The number of amides is 1. The number of nitrogens with one attached hydrogen (secondary N) is 2. The molecule has 31 heavy (non-hydrogen) atoms. The minimum atomic E-state index is -0.257. The van der Waals surface area contributed by atoms with Crippen LogP contribution >= 0.6 is 0 Å². The number of carbonyl (C=O) groups is 1. The second-order valence-corrected chi connectivity index (χ2v) is 7.95. The first-order valence-corrected chi connectivity index (χ1v) is 10.2. The van der Waals surface area contributed by atoms with Gasteiger partial charge in [0.25, 0.3) is 11.5 Å². The Morgan fingerprint density at radius 1 is 1.10 bits per heavy atom. The van der Waals surface area contributed by atoms with Gasteiger partial charge in [-0.3, -0.25) is 9.59 Å². The van der Waals surface area contributed by atoms with Gasteiger partial charge >= 0.3 is 0 Å². The summed E-state index contributed by atoms with van der Waals surface area (Å²) in [5, 5.41) is 13.9. The number of aromatic amines is 1. The van der Waals surface area contributed by atoms with E-state index in [2.05, 4.69) is 24.1 Å². The summed E-state index contributed by atoms with van der Waals surface area (Å²) in [5.41, 5.74) is 4.79. The molecule has 4 aromatic rings. The number of nitrogens with zero attached hydrogens (tertiary/aromatic N) is 1. The molecule has 0 unspecified atom stereocenters. The van der Waals surface area contributed by atoms with Crippen molar-refractivity contribution in [2.45, 2.75) is 26.4 Å². The highest BCUT2D eigenvalue weighted by molar-refractivity contribution is 6.05. The van der Waals surface area contributed by atoms with E-state index in [0.29, 0.717) is 28.2 Å². The third-order valence-corrected chi connectivity index (χ3v) is 5.61. The van der Waals surface area contributed by atoms with Gasteiger partial charge in [-0.15, -0.1) is 0 Å². The Labute approximate surface area is 180 Å². The van der Waals surface area contributed by atoms with E-state index in [4.69, 9.17) is 0 Å². The lowest BCUT2D eigenvalue weighted by molar-refractivity contribution is 0.102. The summed E-state index contributed by atoms with van der Waals surface area (Å²) in [6.07, 6.45) is 3.48. The number of aryl methyl sites for hydroxylation is 1. The number of pyridine rings is 1. The van der Waals surface area contributed by atoms with Crippen LogP contribution in [0.25, 0.3) is 22.0 Å². The fourth-order valence-electron chi connectivity index (χ4n) is 3.82. The summed E-state index contributed by atoms with van der Waals surface area (Å²) in [4.78, 5) is 28.2. The van der Waals surface area contributed by atoms with E-state index in [1.807, 2.05) is 42.5 Å². The molecule has 2 aromatic carbocycles. The standard InChI is InChI=1S/C25H25N3O3/c1-15(2)16-7-9-17(10-8-16)24(30)27-22-6-4-5-18(21(22)14-29)20-13-28(3)25(31)23-19(20)11-12-26-23/h4-13,15,26,29H,14H2,1-3H3,(H,27,30). The summed E-state index contributed by atoms with van der Waals surface area (Å²) >= 11 is 0. The maximum absolute atomic E-state index is 12.8. The lowest BCUT2D eigenvalue weighted by Gasteiger charge is -2.16. The van der Waals surface area contributed by atoms with E-state index in [0.717, 1.165) is 16.5 Å². The van der Waals surface area contributed by atoms with Crippen LogP contribution in [-0.4, -0.2) is 20.6 Å². The Hall–Kier alpha value is -3.64. The Kier molecular flexibility index (Phi) is 5.48. The highest BCUT2D eigenvalue weighted by Gasteiger charge is 2.17. The zero-order valence-corrected chi connectivity index (χ0v) is 17.8. The van der Waals surface area contributed by atoms with Crippen LogP contribution in [0.3, 0.4) is 0 Å². The van der Waals surface area contributed by atoms with Crippen molar-refractivity contribution in [1.29, 1.82) is 0 Å². The van der Waals surface area contributed by atoms with Gasteiger partial charge in [0, 0.05) is 47.2 Å². The summed E-state index contributed by atoms with van der Waals surface area (Å²) < 4.78 is 1.51. The molecule has 6 heteroatoms. The quantitative estimate of drug-likeness (QED) is 0.451. The van der Waals surface area contributed by atoms with Crippen molar-refractivity contribution in [1.82, 2.24) is 9.55 Å². The summed E-state index contributed by atoms with van der Waals surface area (Å²) in [5.74, 6) is 0.149. The number of hydrogen-bond donors (Lipinski definition) is 3. The maximum atomic E-state index is 12.8. The molecular weight excluding hydrogens is 390 g/mol. The summed E-state index contributed by atoms with van der Waals surface area (Å²) in [6, 6.07) is 14.8. The van der Waals surface area contributed by atoms with Gasteiger partial charge in [-0.25, -0.2) is 0 Å². The lowest BCUT2D eigenvalue weighted by atomic mass is 9.97. The first-order chi connectivity index (χ1) is 14.9. The van der Waals surface area contributed by atoms with Crippen LogP contribution in [0.2, 0.25) is 0 Å². The Balaban J connectivity index is 1.75. The van der Waals surface area contributed by atoms with Crippen molar-refractivity contribution in [2.75, 3.05) is 5.32 Å². The predicted octanol–water partition coefficient (Wildman–Crippen LogP) is 4.40. The normalized spacial score (nSPS) is 11.3. The van der Waals surface area contributed by atoms with Crippen molar-refractivity contribution in [3.63, 3.8) is 0 Å². The van der Waals surface area contributed by atoms with Gasteiger partial charge in [0.05, 0.1) is 6.61 Å². The topological polar surface area (TPSA) is 87.1 Å². The number of rotatable bonds is 5. The molecule has 0 aliphatic rings. The average molecular weight is 415 g/mol.